The first-order valence-electron chi connectivity index (χ1n) is 10.1. The van der Waals surface area contributed by atoms with E-state index in [0.29, 0.717) is 50.2 Å². The van der Waals surface area contributed by atoms with Gasteiger partial charge >= 0.3 is 0 Å². The summed E-state index contributed by atoms with van der Waals surface area (Å²) in [5.74, 6) is 2.40. The van der Waals surface area contributed by atoms with Gasteiger partial charge in [-0.3, -0.25) is 4.99 Å². The van der Waals surface area contributed by atoms with E-state index < -0.39 is 10.0 Å². The van der Waals surface area contributed by atoms with Gasteiger partial charge < -0.3 is 24.8 Å². The van der Waals surface area contributed by atoms with Crippen LogP contribution in [0, 0.1) is 0 Å². The van der Waals surface area contributed by atoms with E-state index in [9.17, 15) is 8.42 Å². The Kier molecular flexibility index (Phi) is 8.36. The Hall–Kier alpha value is -2.98. The minimum Gasteiger partial charge on any atom is -0.494 e. The van der Waals surface area contributed by atoms with Crippen LogP contribution >= 0.6 is 0 Å². The van der Waals surface area contributed by atoms with Crippen molar-refractivity contribution in [2.75, 3.05) is 44.0 Å². The summed E-state index contributed by atoms with van der Waals surface area (Å²) in [6, 6.07) is 15.1. The van der Waals surface area contributed by atoms with Crippen molar-refractivity contribution >= 4 is 21.7 Å². The van der Waals surface area contributed by atoms with Crippen molar-refractivity contribution in [3.63, 3.8) is 0 Å². The maximum atomic E-state index is 11.2. The van der Waals surface area contributed by atoms with Crippen LogP contribution in [0.3, 0.4) is 0 Å². The molecule has 4 N–H and O–H groups in total. The normalized spacial score (nSPS) is 13.9. The predicted molar refractivity (Wildman–Crippen MR) is 121 cm³/mol. The summed E-state index contributed by atoms with van der Waals surface area (Å²) >= 11 is 0. The van der Waals surface area contributed by atoms with Gasteiger partial charge in [0.1, 0.15) is 5.75 Å². The largest absolute Gasteiger partial charge is 0.494 e. The Labute approximate surface area is 182 Å². The Morgan fingerprint density at radius 2 is 1.87 bits per heavy atom. The van der Waals surface area contributed by atoms with Gasteiger partial charge in [-0.2, -0.15) is 0 Å². The average Bonchev–Trinajstić information content (AvgIpc) is 2.98. The lowest BCUT2D eigenvalue weighted by Crippen LogP contribution is -2.36. The number of sulfonamides is 1. The Morgan fingerprint density at radius 3 is 2.65 bits per heavy atom. The number of ether oxygens (including phenoxy) is 3. The molecule has 10 heteroatoms. The van der Waals surface area contributed by atoms with Gasteiger partial charge in [0, 0.05) is 37.7 Å². The van der Waals surface area contributed by atoms with Gasteiger partial charge in [-0.05, 0) is 24.3 Å². The monoisotopic (exact) mass is 448 g/mol. The second kappa shape index (κ2) is 11.4. The Bertz CT molecular complexity index is 967. The summed E-state index contributed by atoms with van der Waals surface area (Å²) in [6.07, 6.45) is 1.52. The molecule has 0 atom stereocenters. The number of nitrogens with two attached hydrogens (primary N) is 1. The molecule has 0 radical (unpaired) electrons. The van der Waals surface area contributed by atoms with Crippen LogP contribution in [-0.2, 0) is 10.0 Å². The Morgan fingerprint density at radius 1 is 1.10 bits per heavy atom. The molecule has 168 valence electrons. The maximum Gasteiger partial charge on any atom is 0.210 e. The minimum absolute atomic E-state index is 0.135. The fourth-order valence-electron chi connectivity index (χ4n) is 2.79. The van der Waals surface area contributed by atoms with Gasteiger partial charge in [0.25, 0.3) is 0 Å². The molecule has 0 fully saturated rings. The third kappa shape index (κ3) is 8.35. The summed E-state index contributed by atoms with van der Waals surface area (Å²) in [4.78, 5) is 4.51. The number of benzene rings is 2. The summed E-state index contributed by atoms with van der Waals surface area (Å²) in [7, 11) is -3.57. The molecule has 0 unspecified atom stereocenters. The lowest BCUT2D eigenvalue weighted by molar-refractivity contribution is 0.297. The van der Waals surface area contributed by atoms with Crippen molar-refractivity contribution in [2.45, 2.75) is 12.8 Å². The van der Waals surface area contributed by atoms with Gasteiger partial charge in [-0.1, -0.05) is 18.2 Å². The molecule has 3 rings (SSSR count). The van der Waals surface area contributed by atoms with Crippen LogP contribution in [0.1, 0.15) is 12.8 Å². The van der Waals surface area contributed by atoms with E-state index in [1.807, 2.05) is 48.5 Å². The van der Waals surface area contributed by atoms with E-state index >= 15 is 0 Å². The number of guanidine groups is 1. The zero-order chi connectivity index (χ0) is 21.9. The maximum absolute atomic E-state index is 11.2. The van der Waals surface area contributed by atoms with Crippen molar-refractivity contribution in [1.29, 1.82) is 0 Å². The minimum atomic E-state index is -3.57. The van der Waals surface area contributed by atoms with Crippen LogP contribution in [0.4, 0.5) is 5.69 Å². The first-order valence-corrected chi connectivity index (χ1v) is 11.8. The smallest absolute Gasteiger partial charge is 0.210 e. The summed E-state index contributed by atoms with van der Waals surface area (Å²) in [5.41, 5.74) is 0.742. The van der Waals surface area contributed by atoms with Crippen LogP contribution in [-0.4, -0.2) is 53.0 Å². The highest BCUT2D eigenvalue weighted by atomic mass is 32.2. The highest BCUT2D eigenvalue weighted by molar-refractivity contribution is 7.89. The summed E-state index contributed by atoms with van der Waals surface area (Å²) < 4.78 is 39.5. The second-order valence-electron chi connectivity index (χ2n) is 6.88. The van der Waals surface area contributed by atoms with Gasteiger partial charge in [0.15, 0.2) is 17.5 Å². The number of para-hydroxylation sites is 1. The zero-order valence-electron chi connectivity index (χ0n) is 17.2. The quantitative estimate of drug-likeness (QED) is 0.304. The van der Waals surface area contributed by atoms with Crippen molar-refractivity contribution in [2.24, 2.45) is 10.1 Å². The van der Waals surface area contributed by atoms with E-state index in [4.69, 9.17) is 19.3 Å². The van der Waals surface area contributed by atoms with Gasteiger partial charge in [0.2, 0.25) is 10.0 Å². The van der Waals surface area contributed by atoms with Crippen LogP contribution in [0.2, 0.25) is 0 Å². The molecule has 0 amide bonds. The molecule has 1 aliphatic rings. The summed E-state index contributed by atoms with van der Waals surface area (Å²) in [6.45, 7) is 2.35. The third-order valence-electron chi connectivity index (χ3n) is 4.27. The number of primary sulfonamides is 1. The zero-order valence-corrected chi connectivity index (χ0v) is 18.1. The fraction of sp³-hybridized carbons (Fsp3) is 0.381. The second-order valence-corrected chi connectivity index (χ2v) is 8.61. The number of hydrogen-bond donors (Lipinski definition) is 3. The molecule has 31 heavy (non-hydrogen) atoms. The topological polar surface area (TPSA) is 124 Å². The molecular formula is C21H28N4O5S. The number of nitrogens with one attached hydrogen (secondary N) is 2. The number of rotatable bonds is 9. The van der Waals surface area contributed by atoms with E-state index in [2.05, 4.69) is 15.6 Å². The molecule has 1 heterocycles. The molecule has 0 aromatic heterocycles. The van der Waals surface area contributed by atoms with E-state index in [-0.39, 0.29) is 12.3 Å². The van der Waals surface area contributed by atoms with Crippen molar-refractivity contribution in [3.8, 4) is 17.2 Å². The number of anilines is 1. The average molecular weight is 449 g/mol. The SMILES string of the molecule is NS(=O)(=O)CCNC(=NCCCOc1ccccc1)Nc1ccc2c(c1)OCCCO2. The standard InChI is InChI=1S/C21H28N4O5S/c22-31(26,27)15-11-24-21(23-10-4-12-28-18-6-2-1-3-7-18)25-17-8-9-19-20(16-17)30-14-5-13-29-19/h1-3,6-9,16H,4-5,10-15H2,(H2,22,26,27)(H2,23,24,25). The molecule has 2 aromatic rings. The first kappa shape index (κ1) is 22.7. The molecule has 0 aliphatic carbocycles. The fourth-order valence-corrected chi connectivity index (χ4v) is 3.18. The van der Waals surface area contributed by atoms with Crippen LogP contribution in [0.25, 0.3) is 0 Å². The molecule has 9 nitrogen and oxygen atoms in total. The van der Waals surface area contributed by atoms with Crippen LogP contribution in [0.15, 0.2) is 53.5 Å². The van der Waals surface area contributed by atoms with Gasteiger partial charge in [-0.25, -0.2) is 13.6 Å². The number of hydrogen-bond acceptors (Lipinski definition) is 6. The van der Waals surface area contributed by atoms with Gasteiger partial charge in [-0.15, -0.1) is 0 Å². The highest BCUT2D eigenvalue weighted by Crippen LogP contribution is 2.32. The number of aliphatic imine (C=N–C) groups is 1. The molecule has 0 saturated carbocycles. The summed E-state index contributed by atoms with van der Waals surface area (Å²) in [5, 5.41) is 11.2. The number of nitrogens with zero attached hydrogens (tertiary/aromatic N) is 1. The highest BCUT2D eigenvalue weighted by Gasteiger charge is 2.12. The number of fused-ring (bicyclic) bond motifs is 1. The van der Waals surface area contributed by atoms with E-state index in [1.54, 1.807) is 0 Å². The molecular weight excluding hydrogens is 420 g/mol. The molecule has 0 saturated heterocycles. The lowest BCUT2D eigenvalue weighted by atomic mass is 10.3. The lowest BCUT2D eigenvalue weighted by Gasteiger charge is -2.14. The molecule has 0 spiro atoms. The van der Waals surface area contributed by atoms with Gasteiger partial charge in [0.05, 0.1) is 25.6 Å². The van der Waals surface area contributed by atoms with E-state index in [0.717, 1.165) is 17.9 Å². The third-order valence-corrected chi connectivity index (χ3v) is 5.05. The Balaban J connectivity index is 1.58. The van der Waals surface area contributed by atoms with Crippen molar-refractivity contribution in [1.82, 2.24) is 5.32 Å². The molecule has 1 aliphatic heterocycles. The molecule has 2 aromatic carbocycles. The first-order chi connectivity index (χ1) is 15.0. The van der Waals surface area contributed by atoms with Crippen LogP contribution < -0.4 is 30.0 Å². The van der Waals surface area contributed by atoms with Crippen molar-refractivity contribution < 1.29 is 22.6 Å². The van der Waals surface area contributed by atoms with Crippen LogP contribution in [0.5, 0.6) is 17.2 Å². The van der Waals surface area contributed by atoms with Crippen molar-refractivity contribution in [3.05, 3.63) is 48.5 Å². The van der Waals surface area contributed by atoms with E-state index in [1.165, 1.54) is 0 Å². The molecule has 0 bridgehead atoms. The predicted octanol–water partition coefficient (Wildman–Crippen LogP) is 1.96.